The number of thiazole rings is 1. The molecule has 12 heteroatoms. The summed E-state index contributed by atoms with van der Waals surface area (Å²) in [6.07, 6.45) is 0.637. The van der Waals surface area contributed by atoms with Gasteiger partial charge in [0.1, 0.15) is 0 Å². The largest absolute Gasteiger partial charge is 0.379 e. The molecule has 4 rings (SSSR count). The zero-order valence-electron chi connectivity index (χ0n) is 18.5. The van der Waals surface area contributed by atoms with Crippen molar-refractivity contribution in [3.05, 3.63) is 67.8 Å². The Bertz CT molecular complexity index is 1210. The number of amides is 1. The van der Waals surface area contributed by atoms with Crippen LogP contribution in [0.4, 0.5) is 16.5 Å². The smallest absolute Gasteiger partial charge is 0.277 e. The van der Waals surface area contributed by atoms with Crippen molar-refractivity contribution in [1.29, 1.82) is 0 Å². The number of nitro groups is 2. The van der Waals surface area contributed by atoms with Gasteiger partial charge in [-0.15, -0.1) is 0 Å². The molecule has 178 valence electrons. The van der Waals surface area contributed by atoms with Crippen LogP contribution in [0, 0.1) is 27.2 Å². The molecule has 1 amide bonds. The fourth-order valence-electron chi connectivity index (χ4n) is 3.78. The van der Waals surface area contributed by atoms with Gasteiger partial charge < -0.3 is 4.74 Å². The number of rotatable bonds is 8. The average molecular weight is 486 g/mol. The molecule has 2 heterocycles. The van der Waals surface area contributed by atoms with Gasteiger partial charge in [0.25, 0.3) is 17.3 Å². The number of nitrogens with zero attached hydrogens (tertiary/aromatic N) is 5. The van der Waals surface area contributed by atoms with Crippen LogP contribution in [0.25, 0.3) is 10.2 Å². The van der Waals surface area contributed by atoms with Gasteiger partial charge in [0, 0.05) is 38.3 Å². The zero-order chi connectivity index (χ0) is 24.2. The van der Waals surface area contributed by atoms with Crippen LogP contribution in [0.1, 0.15) is 22.3 Å². The van der Waals surface area contributed by atoms with Gasteiger partial charge in [0.2, 0.25) is 0 Å². The summed E-state index contributed by atoms with van der Waals surface area (Å²) < 4.78 is 6.28. The van der Waals surface area contributed by atoms with Crippen molar-refractivity contribution in [1.82, 2.24) is 9.88 Å². The first-order chi connectivity index (χ1) is 16.3. The maximum absolute atomic E-state index is 13.5. The van der Waals surface area contributed by atoms with Gasteiger partial charge in [0.05, 0.1) is 44.9 Å². The van der Waals surface area contributed by atoms with Gasteiger partial charge in [-0.1, -0.05) is 17.4 Å². The Morgan fingerprint density at radius 1 is 1.12 bits per heavy atom. The highest BCUT2D eigenvalue weighted by atomic mass is 32.1. The second-order valence-electron chi connectivity index (χ2n) is 7.98. The van der Waals surface area contributed by atoms with Crippen molar-refractivity contribution in [2.24, 2.45) is 0 Å². The van der Waals surface area contributed by atoms with Crippen molar-refractivity contribution >= 4 is 44.0 Å². The van der Waals surface area contributed by atoms with E-state index >= 15 is 0 Å². The molecule has 11 nitrogen and oxygen atoms in total. The molecule has 0 bridgehead atoms. The molecule has 1 fully saturated rings. The molecule has 0 aliphatic carbocycles. The number of benzene rings is 2. The number of nitro benzene ring substituents is 2. The first-order valence-corrected chi connectivity index (χ1v) is 11.6. The normalized spacial score (nSPS) is 14.3. The molecule has 0 atom stereocenters. The predicted molar refractivity (Wildman–Crippen MR) is 128 cm³/mol. The lowest BCUT2D eigenvalue weighted by Gasteiger charge is -2.27. The van der Waals surface area contributed by atoms with Gasteiger partial charge in [-0.25, -0.2) is 4.98 Å². The maximum Gasteiger partial charge on any atom is 0.277 e. The summed E-state index contributed by atoms with van der Waals surface area (Å²) in [5.41, 5.74) is 0.656. The molecular weight excluding hydrogens is 462 g/mol. The van der Waals surface area contributed by atoms with E-state index in [4.69, 9.17) is 4.74 Å². The third-order valence-corrected chi connectivity index (χ3v) is 6.58. The minimum atomic E-state index is -0.743. The third-order valence-electron chi connectivity index (χ3n) is 5.54. The molecule has 3 aromatic rings. The fraction of sp³-hybridized carbons (Fsp3) is 0.364. The van der Waals surface area contributed by atoms with Gasteiger partial charge in [0.15, 0.2) is 5.13 Å². The monoisotopic (exact) mass is 485 g/mol. The number of non-ortho nitro benzene ring substituents is 2. The van der Waals surface area contributed by atoms with Crippen LogP contribution in [-0.4, -0.2) is 65.0 Å². The van der Waals surface area contributed by atoms with Crippen molar-refractivity contribution in [2.45, 2.75) is 13.3 Å². The molecule has 0 spiro atoms. The summed E-state index contributed by atoms with van der Waals surface area (Å²) in [5, 5.41) is 23.1. The van der Waals surface area contributed by atoms with E-state index in [1.807, 2.05) is 25.1 Å². The number of ether oxygens (including phenoxy) is 1. The van der Waals surface area contributed by atoms with E-state index in [0.717, 1.165) is 53.6 Å². The maximum atomic E-state index is 13.5. The Kier molecular flexibility index (Phi) is 7.10. The number of morpholine rings is 1. The van der Waals surface area contributed by atoms with Crippen LogP contribution in [0.3, 0.4) is 0 Å². The van der Waals surface area contributed by atoms with Crippen molar-refractivity contribution in [2.75, 3.05) is 44.3 Å². The van der Waals surface area contributed by atoms with Gasteiger partial charge in [-0.3, -0.25) is 34.8 Å². The lowest BCUT2D eigenvalue weighted by molar-refractivity contribution is -0.394. The number of hydrogen-bond donors (Lipinski definition) is 0. The first kappa shape index (κ1) is 23.7. The summed E-state index contributed by atoms with van der Waals surface area (Å²) in [6, 6.07) is 8.77. The van der Waals surface area contributed by atoms with Gasteiger partial charge in [-0.05, 0) is 31.0 Å². The SMILES string of the molecule is Cc1ccc2nc(N(CCCN3CCOCC3)C(=O)c3cc([N+](=O)[O-])cc([N+](=O)[O-])c3)sc2c1. The highest BCUT2D eigenvalue weighted by molar-refractivity contribution is 7.22. The minimum absolute atomic E-state index is 0.122. The number of carbonyl (C=O) groups excluding carboxylic acids is 1. The summed E-state index contributed by atoms with van der Waals surface area (Å²) in [6.45, 7) is 5.97. The van der Waals surface area contributed by atoms with Crippen molar-refractivity contribution < 1.29 is 19.4 Å². The number of aryl methyl sites for hydroxylation is 1. The highest BCUT2D eigenvalue weighted by Crippen LogP contribution is 2.32. The Morgan fingerprint density at radius 3 is 2.44 bits per heavy atom. The van der Waals surface area contributed by atoms with E-state index in [1.54, 1.807) is 0 Å². The fourth-order valence-corrected chi connectivity index (χ4v) is 4.87. The van der Waals surface area contributed by atoms with Crippen LogP contribution in [0.15, 0.2) is 36.4 Å². The molecular formula is C22H23N5O6S. The number of aromatic nitrogens is 1. The minimum Gasteiger partial charge on any atom is -0.379 e. The Labute approximate surface area is 198 Å². The van der Waals surface area contributed by atoms with E-state index in [1.165, 1.54) is 16.2 Å². The number of fused-ring (bicyclic) bond motifs is 1. The standard InChI is InChI=1S/C22H23N5O6S/c1-15-3-4-19-20(11-15)34-22(23-19)25(6-2-5-24-7-9-33-10-8-24)21(28)16-12-17(26(29)30)14-18(13-16)27(31)32/h3-4,11-14H,2,5-10H2,1H3. The number of anilines is 1. The second kappa shape index (κ2) is 10.2. The van der Waals surface area contributed by atoms with E-state index < -0.39 is 27.1 Å². The molecule has 2 aromatic carbocycles. The van der Waals surface area contributed by atoms with Crippen LogP contribution >= 0.6 is 11.3 Å². The Hall–Kier alpha value is -3.48. The highest BCUT2D eigenvalue weighted by Gasteiger charge is 2.26. The summed E-state index contributed by atoms with van der Waals surface area (Å²) in [4.78, 5) is 43.0. The van der Waals surface area contributed by atoms with Gasteiger partial charge in [-0.2, -0.15) is 0 Å². The van der Waals surface area contributed by atoms with E-state index in [-0.39, 0.29) is 5.56 Å². The molecule has 0 saturated carbocycles. The topological polar surface area (TPSA) is 132 Å². The van der Waals surface area contributed by atoms with Crippen LogP contribution in [-0.2, 0) is 4.74 Å². The van der Waals surface area contributed by atoms with Crippen molar-refractivity contribution in [3.8, 4) is 0 Å². The van der Waals surface area contributed by atoms with Crippen LogP contribution in [0.5, 0.6) is 0 Å². The molecule has 1 aromatic heterocycles. The summed E-state index contributed by atoms with van der Waals surface area (Å²) in [7, 11) is 0. The quantitative estimate of drug-likeness (QED) is 0.348. The van der Waals surface area contributed by atoms with E-state index in [2.05, 4.69) is 9.88 Å². The molecule has 0 N–H and O–H groups in total. The average Bonchev–Trinajstić information content (AvgIpc) is 3.24. The lowest BCUT2D eigenvalue weighted by atomic mass is 10.1. The molecule has 1 aliphatic rings. The van der Waals surface area contributed by atoms with Crippen molar-refractivity contribution in [3.63, 3.8) is 0 Å². The molecule has 1 aliphatic heterocycles. The number of carbonyl (C=O) groups is 1. The van der Waals surface area contributed by atoms with E-state index in [9.17, 15) is 25.0 Å². The Balaban J connectivity index is 1.66. The third kappa shape index (κ3) is 5.35. The summed E-state index contributed by atoms with van der Waals surface area (Å²) >= 11 is 1.34. The zero-order valence-corrected chi connectivity index (χ0v) is 19.3. The van der Waals surface area contributed by atoms with Crippen LogP contribution < -0.4 is 4.90 Å². The second-order valence-corrected chi connectivity index (χ2v) is 8.99. The Morgan fingerprint density at radius 2 is 1.79 bits per heavy atom. The molecule has 1 saturated heterocycles. The molecule has 0 radical (unpaired) electrons. The summed E-state index contributed by atoms with van der Waals surface area (Å²) in [5.74, 6) is -0.565. The van der Waals surface area contributed by atoms with Gasteiger partial charge >= 0.3 is 0 Å². The van der Waals surface area contributed by atoms with Crippen LogP contribution in [0.2, 0.25) is 0 Å². The number of hydrogen-bond acceptors (Lipinski definition) is 9. The molecule has 0 unspecified atom stereocenters. The predicted octanol–water partition coefficient (Wildman–Crippen LogP) is 3.79. The van der Waals surface area contributed by atoms with E-state index in [0.29, 0.717) is 31.3 Å². The lowest BCUT2D eigenvalue weighted by Crippen LogP contribution is -2.39. The first-order valence-electron chi connectivity index (χ1n) is 10.7. The molecule has 34 heavy (non-hydrogen) atoms.